The van der Waals surface area contributed by atoms with Gasteiger partial charge in [-0.3, -0.25) is 0 Å². The number of likely N-dealkylation sites (N-methyl/N-ethyl adjacent to an activating group) is 2. The van der Waals surface area contributed by atoms with Crippen molar-refractivity contribution in [3.63, 3.8) is 0 Å². The topological polar surface area (TPSA) is 169 Å². The van der Waals surface area contributed by atoms with Crippen molar-refractivity contribution in [2.45, 2.75) is 25.9 Å². The lowest BCUT2D eigenvalue weighted by Crippen LogP contribution is -2.34. The van der Waals surface area contributed by atoms with Gasteiger partial charge in [0.15, 0.2) is 23.1 Å². The highest BCUT2D eigenvalue weighted by Crippen LogP contribution is 2.39. The van der Waals surface area contributed by atoms with E-state index in [0.717, 1.165) is 51.6 Å². The summed E-state index contributed by atoms with van der Waals surface area (Å²) in [5.41, 5.74) is 13.3. The fourth-order valence-corrected chi connectivity index (χ4v) is 7.56. The first-order valence-electron chi connectivity index (χ1n) is 20.7. The van der Waals surface area contributed by atoms with E-state index in [4.69, 9.17) is 41.3 Å². The summed E-state index contributed by atoms with van der Waals surface area (Å²) in [6.07, 6.45) is 10.7. The summed E-state index contributed by atoms with van der Waals surface area (Å²) in [5.74, 6) is 4.78. The van der Waals surface area contributed by atoms with Gasteiger partial charge in [0.2, 0.25) is 11.2 Å². The first-order chi connectivity index (χ1) is 31.6. The van der Waals surface area contributed by atoms with Crippen molar-refractivity contribution < 1.29 is 18.9 Å². The lowest BCUT2D eigenvalue weighted by atomic mass is 10.1. The van der Waals surface area contributed by atoms with Gasteiger partial charge < -0.3 is 48.9 Å². The molecular weight excluding hydrogens is 844 g/mol. The quantitative estimate of drug-likeness (QED) is 0.110. The molecular formula is C48H49ClN12O4. The third-order valence-corrected chi connectivity index (χ3v) is 11.0. The maximum Gasteiger partial charge on any atom is 0.229 e. The molecule has 0 radical (unpaired) electrons. The van der Waals surface area contributed by atoms with Gasteiger partial charge in [0, 0.05) is 50.0 Å². The Morgan fingerprint density at radius 3 is 1.68 bits per heavy atom. The number of fused-ring (bicyclic) bond motifs is 2. The second-order valence-corrected chi connectivity index (χ2v) is 15.5. The molecule has 6 heterocycles. The second-order valence-electron chi connectivity index (χ2n) is 15.2. The third-order valence-electron chi connectivity index (χ3n) is 10.8. The van der Waals surface area contributed by atoms with Crippen molar-refractivity contribution >= 4 is 40.6 Å². The van der Waals surface area contributed by atoms with Crippen LogP contribution in [0.3, 0.4) is 0 Å². The number of imidazole rings is 2. The van der Waals surface area contributed by atoms with E-state index in [1.807, 2.05) is 116 Å². The zero-order valence-electron chi connectivity index (χ0n) is 36.8. The van der Waals surface area contributed by atoms with E-state index >= 15 is 0 Å². The number of nitrogens with one attached hydrogen (secondary N) is 1. The van der Waals surface area contributed by atoms with E-state index in [-0.39, 0.29) is 17.4 Å². The Bertz CT molecular complexity index is 2860. The van der Waals surface area contributed by atoms with E-state index in [1.165, 1.54) is 11.1 Å². The Kier molecular flexibility index (Phi) is 13.3. The number of nitrogen functional groups attached to an aromatic ring is 1. The summed E-state index contributed by atoms with van der Waals surface area (Å²) in [7, 11) is 7.29. The maximum absolute atomic E-state index is 5.95. The highest BCUT2D eigenvalue weighted by atomic mass is 35.5. The molecule has 332 valence electrons. The van der Waals surface area contributed by atoms with Crippen LogP contribution in [0.4, 0.5) is 29.0 Å². The predicted octanol–water partition coefficient (Wildman–Crippen LogP) is 8.76. The Morgan fingerprint density at radius 2 is 1.15 bits per heavy atom. The lowest BCUT2D eigenvalue weighted by Gasteiger charge is -2.34. The van der Waals surface area contributed by atoms with Crippen molar-refractivity contribution in [3.8, 4) is 34.4 Å². The first kappa shape index (κ1) is 43.8. The van der Waals surface area contributed by atoms with Crippen LogP contribution in [0.1, 0.15) is 34.6 Å². The van der Waals surface area contributed by atoms with E-state index in [2.05, 4.69) is 64.3 Å². The number of aryl methyl sites for hydroxylation is 2. The van der Waals surface area contributed by atoms with Crippen LogP contribution in [0.25, 0.3) is 11.4 Å². The van der Waals surface area contributed by atoms with Gasteiger partial charge in [-0.1, -0.05) is 60.7 Å². The minimum atomic E-state index is 0.0875. The Balaban J connectivity index is 0.000000147. The summed E-state index contributed by atoms with van der Waals surface area (Å²) < 4.78 is 26.3. The number of benzene rings is 4. The van der Waals surface area contributed by atoms with Gasteiger partial charge in [0.25, 0.3) is 0 Å². The van der Waals surface area contributed by atoms with Gasteiger partial charge >= 0.3 is 0 Å². The van der Waals surface area contributed by atoms with Crippen molar-refractivity contribution in [1.82, 2.24) is 39.0 Å². The zero-order chi connectivity index (χ0) is 45.5. The smallest absolute Gasteiger partial charge is 0.229 e. The number of anilines is 5. The Morgan fingerprint density at radius 1 is 0.646 bits per heavy atom. The average molecular weight is 893 g/mol. The predicted molar refractivity (Wildman–Crippen MR) is 253 cm³/mol. The number of hydrogen-bond acceptors (Lipinski definition) is 14. The zero-order valence-corrected chi connectivity index (χ0v) is 37.6. The summed E-state index contributed by atoms with van der Waals surface area (Å²) in [6.45, 7) is 5.03. The van der Waals surface area contributed by atoms with Crippen molar-refractivity contribution in [3.05, 3.63) is 162 Å². The monoisotopic (exact) mass is 892 g/mol. The molecule has 8 aromatic rings. The molecule has 0 aliphatic carbocycles. The molecule has 10 rings (SSSR count). The van der Waals surface area contributed by atoms with Crippen LogP contribution in [-0.4, -0.2) is 80.6 Å². The molecule has 16 nitrogen and oxygen atoms in total. The van der Waals surface area contributed by atoms with Crippen LogP contribution in [0.5, 0.6) is 23.0 Å². The van der Waals surface area contributed by atoms with Crippen molar-refractivity contribution in [2.75, 3.05) is 62.4 Å². The Labute approximate surface area is 382 Å². The fraction of sp³-hybridized carbons (Fsp3) is 0.208. The van der Waals surface area contributed by atoms with Gasteiger partial charge in [0.1, 0.15) is 24.7 Å². The largest absolute Gasteiger partial charge is 0.494 e. The highest BCUT2D eigenvalue weighted by molar-refractivity contribution is 6.28. The molecule has 3 N–H and O–H groups in total. The van der Waals surface area contributed by atoms with Crippen LogP contribution in [-0.2, 0) is 0 Å². The van der Waals surface area contributed by atoms with Gasteiger partial charge in [-0.25, -0.2) is 19.9 Å². The molecule has 0 fully saturated rings. The van der Waals surface area contributed by atoms with Gasteiger partial charge in [0.05, 0.1) is 74.1 Å². The summed E-state index contributed by atoms with van der Waals surface area (Å²) in [5, 5.41) is 3.51. The third kappa shape index (κ3) is 10.0. The maximum atomic E-state index is 5.95. The minimum absolute atomic E-state index is 0.0875. The van der Waals surface area contributed by atoms with Crippen LogP contribution in [0.15, 0.2) is 135 Å². The molecule has 0 spiro atoms. The molecule has 4 aromatic carbocycles. The molecule has 65 heavy (non-hydrogen) atoms. The van der Waals surface area contributed by atoms with E-state index < -0.39 is 0 Å². The van der Waals surface area contributed by atoms with Crippen LogP contribution < -0.4 is 39.8 Å². The average Bonchev–Trinajstić information content (AvgIpc) is 3.98. The number of aromatic nitrogens is 8. The highest BCUT2D eigenvalue weighted by Gasteiger charge is 2.29. The van der Waals surface area contributed by atoms with Gasteiger partial charge in [-0.2, -0.15) is 9.97 Å². The summed E-state index contributed by atoms with van der Waals surface area (Å²) in [6, 6.07) is 32.1. The number of halogens is 1. The molecule has 2 atom stereocenters. The summed E-state index contributed by atoms with van der Waals surface area (Å²) in [4.78, 5) is 30.0. The number of methoxy groups -OCH3 is 2. The van der Waals surface area contributed by atoms with E-state index in [0.29, 0.717) is 36.3 Å². The molecule has 0 saturated heterocycles. The van der Waals surface area contributed by atoms with Crippen LogP contribution >= 0.6 is 11.6 Å². The first-order valence-corrected chi connectivity index (χ1v) is 21.1. The molecule has 0 unspecified atom stereocenters. The Hall–Kier alpha value is -7.85. The molecule has 2 aliphatic rings. The molecule has 0 saturated carbocycles. The normalized spacial score (nSPS) is 14.8. The van der Waals surface area contributed by atoms with Gasteiger partial charge in [-0.05, 0) is 60.8 Å². The molecule has 17 heteroatoms. The van der Waals surface area contributed by atoms with Crippen LogP contribution in [0, 0.1) is 13.8 Å². The SMILES string of the molecule is CN1c2nc(Cl)ncc2OC[C@@H]1c1ccccc1.COc1cc(N)ccc1-n1cnc(C)c1.COc1cc(Nc2ncc3c(n2)N(C)[C@@H](c2ccccc2)CO3)ccc1-n1cnc(C)c1. The number of ether oxygens (including phenoxy) is 4. The molecule has 0 bridgehead atoms. The van der Waals surface area contributed by atoms with Crippen molar-refractivity contribution in [1.29, 1.82) is 0 Å². The molecule has 4 aromatic heterocycles. The minimum Gasteiger partial charge on any atom is -0.494 e. The number of rotatable bonds is 8. The molecule has 2 aliphatic heterocycles. The number of nitrogens with zero attached hydrogens (tertiary/aromatic N) is 10. The lowest BCUT2D eigenvalue weighted by molar-refractivity contribution is 0.265. The van der Waals surface area contributed by atoms with Crippen LogP contribution in [0.2, 0.25) is 5.28 Å². The number of hydrogen-bond donors (Lipinski definition) is 2. The standard InChI is InChI=1S/C24H24N6O2.C13H12ClN3O.C11H13N3O/c1-16-13-30(15-26-16)19-10-9-18(11-21(19)31-3)27-24-25-12-22-23(28-24)29(2)20(14-32-22)17-7-5-4-6-8-17;1-17-10(9-5-3-2-4-6-9)8-18-11-7-15-13(14)16-12(11)17;1-8-6-14(7-13-8)10-4-3-9(12)5-11(10)15-2/h4-13,15,20H,14H2,1-3H3,(H,25,27,28);2-7,10H,8H2,1H3;3-7H,12H2,1-2H3/t20-;10-;/m11./s1. The number of nitrogens with two attached hydrogens (primary N) is 1. The van der Waals surface area contributed by atoms with E-state index in [1.54, 1.807) is 45.3 Å². The second kappa shape index (κ2) is 19.7. The van der Waals surface area contributed by atoms with Crippen molar-refractivity contribution in [2.24, 2.45) is 0 Å². The fourth-order valence-electron chi connectivity index (χ4n) is 7.43. The van der Waals surface area contributed by atoms with E-state index in [9.17, 15) is 0 Å². The van der Waals surface area contributed by atoms with Gasteiger partial charge in [-0.15, -0.1) is 0 Å². The summed E-state index contributed by atoms with van der Waals surface area (Å²) >= 11 is 5.83. The molecule has 0 amide bonds.